The zero-order valence-corrected chi connectivity index (χ0v) is 21.1. The minimum Gasteiger partial charge on any atom is -0.357 e. The first-order chi connectivity index (χ1) is 15.6. The Kier molecular flexibility index (Phi) is 9.73. The number of hydrogen-bond donors (Lipinski definition) is 1. The Bertz CT molecular complexity index is 1040. The van der Waals surface area contributed by atoms with Crippen LogP contribution in [0.3, 0.4) is 0 Å². The van der Waals surface area contributed by atoms with E-state index in [0.29, 0.717) is 23.6 Å². The van der Waals surface area contributed by atoms with Gasteiger partial charge in [-0.05, 0) is 49.6 Å². The molecule has 0 bridgehead atoms. The van der Waals surface area contributed by atoms with Gasteiger partial charge in [-0.25, -0.2) is 8.42 Å². The lowest BCUT2D eigenvalue weighted by molar-refractivity contribution is -0.141. The molecule has 0 spiro atoms. The minimum atomic E-state index is -3.51. The molecule has 0 saturated heterocycles. The standard InChI is InChI=1S/C24H32ClN3O4S/c1-5-22(24(30)26-3)27(17-19-10-12-20(25)13-11-19)23(29)7-6-16-28(33(4,31)32)21-14-8-18(2)9-15-21/h8-15,22H,5-7,16-17H2,1-4H3,(H,26,30). The van der Waals surface area contributed by atoms with Gasteiger partial charge in [0.05, 0.1) is 11.9 Å². The van der Waals surface area contributed by atoms with Crippen molar-refractivity contribution in [2.45, 2.75) is 45.7 Å². The van der Waals surface area contributed by atoms with Crippen molar-refractivity contribution in [2.75, 3.05) is 24.2 Å². The number of nitrogens with zero attached hydrogens (tertiary/aromatic N) is 2. The number of rotatable bonds is 11. The number of carbonyl (C=O) groups is 2. The molecule has 0 aliphatic rings. The summed E-state index contributed by atoms with van der Waals surface area (Å²) in [4.78, 5) is 27.2. The number of nitrogens with one attached hydrogen (secondary N) is 1. The number of likely N-dealkylation sites (N-methyl/N-ethyl adjacent to an activating group) is 1. The molecule has 1 atom stereocenters. The zero-order valence-electron chi connectivity index (χ0n) is 19.5. The van der Waals surface area contributed by atoms with Crippen LogP contribution in [0.1, 0.15) is 37.3 Å². The number of carbonyl (C=O) groups excluding carboxylic acids is 2. The third-order valence-corrected chi connectivity index (χ3v) is 6.82. The van der Waals surface area contributed by atoms with Crippen LogP contribution in [0.5, 0.6) is 0 Å². The van der Waals surface area contributed by atoms with Crippen molar-refractivity contribution < 1.29 is 18.0 Å². The molecule has 33 heavy (non-hydrogen) atoms. The summed E-state index contributed by atoms with van der Waals surface area (Å²) in [5.41, 5.74) is 2.44. The molecule has 1 N–H and O–H groups in total. The Hall–Kier alpha value is -2.58. The molecular weight excluding hydrogens is 462 g/mol. The Morgan fingerprint density at radius 1 is 1.06 bits per heavy atom. The van der Waals surface area contributed by atoms with Crippen LogP contribution >= 0.6 is 11.6 Å². The van der Waals surface area contributed by atoms with Crippen LogP contribution in [0.15, 0.2) is 48.5 Å². The van der Waals surface area contributed by atoms with Crippen LogP contribution in [0.4, 0.5) is 5.69 Å². The number of anilines is 1. The van der Waals surface area contributed by atoms with Gasteiger partial charge in [-0.2, -0.15) is 0 Å². The van der Waals surface area contributed by atoms with Crippen LogP contribution in [0.2, 0.25) is 5.02 Å². The third kappa shape index (κ3) is 7.75. The highest BCUT2D eigenvalue weighted by Crippen LogP contribution is 2.20. The molecule has 0 saturated carbocycles. The van der Waals surface area contributed by atoms with Crippen LogP contribution in [-0.4, -0.2) is 51.0 Å². The fourth-order valence-electron chi connectivity index (χ4n) is 3.59. The quantitative estimate of drug-likeness (QED) is 0.516. The van der Waals surface area contributed by atoms with Gasteiger partial charge in [-0.15, -0.1) is 0 Å². The average Bonchev–Trinajstić information content (AvgIpc) is 2.77. The van der Waals surface area contributed by atoms with Crippen molar-refractivity contribution in [2.24, 2.45) is 0 Å². The maximum absolute atomic E-state index is 13.2. The molecule has 9 heteroatoms. The molecule has 0 fully saturated rings. The molecule has 0 aliphatic carbocycles. The molecule has 2 amide bonds. The summed E-state index contributed by atoms with van der Waals surface area (Å²) in [6, 6.07) is 13.7. The lowest BCUT2D eigenvalue weighted by atomic mass is 10.1. The second kappa shape index (κ2) is 12.0. The second-order valence-electron chi connectivity index (χ2n) is 7.96. The van der Waals surface area contributed by atoms with Gasteiger partial charge in [0, 0.05) is 31.6 Å². The lowest BCUT2D eigenvalue weighted by Gasteiger charge is -2.30. The number of hydrogen-bond acceptors (Lipinski definition) is 4. The molecule has 1 unspecified atom stereocenters. The van der Waals surface area contributed by atoms with Gasteiger partial charge in [0.25, 0.3) is 0 Å². The highest BCUT2D eigenvalue weighted by atomic mass is 35.5. The average molecular weight is 494 g/mol. The van der Waals surface area contributed by atoms with E-state index < -0.39 is 16.1 Å². The summed E-state index contributed by atoms with van der Waals surface area (Å²) in [6.07, 6.45) is 2.04. The van der Waals surface area contributed by atoms with Crippen molar-refractivity contribution in [1.82, 2.24) is 10.2 Å². The van der Waals surface area contributed by atoms with Crippen LogP contribution in [0.25, 0.3) is 0 Å². The summed E-state index contributed by atoms with van der Waals surface area (Å²) in [5.74, 6) is -0.449. The minimum absolute atomic E-state index is 0.110. The topological polar surface area (TPSA) is 86.8 Å². The van der Waals surface area contributed by atoms with E-state index in [-0.39, 0.29) is 31.3 Å². The summed E-state index contributed by atoms with van der Waals surface area (Å²) in [7, 11) is -1.97. The molecule has 2 aromatic carbocycles. The first-order valence-electron chi connectivity index (χ1n) is 10.9. The summed E-state index contributed by atoms with van der Waals surface area (Å²) in [5, 5.41) is 3.21. The van der Waals surface area contributed by atoms with E-state index in [4.69, 9.17) is 11.6 Å². The van der Waals surface area contributed by atoms with E-state index in [2.05, 4.69) is 5.32 Å². The van der Waals surface area contributed by atoms with E-state index in [0.717, 1.165) is 17.4 Å². The van der Waals surface area contributed by atoms with Gasteiger partial charge in [0.15, 0.2) is 0 Å². The van der Waals surface area contributed by atoms with Crippen molar-refractivity contribution in [3.63, 3.8) is 0 Å². The van der Waals surface area contributed by atoms with Crippen molar-refractivity contribution in [1.29, 1.82) is 0 Å². The van der Waals surface area contributed by atoms with Crippen molar-refractivity contribution in [3.8, 4) is 0 Å². The van der Waals surface area contributed by atoms with Gasteiger partial charge in [-0.1, -0.05) is 48.4 Å². The third-order valence-electron chi connectivity index (χ3n) is 5.37. The first-order valence-corrected chi connectivity index (χ1v) is 13.1. The van der Waals surface area contributed by atoms with Crippen molar-refractivity contribution >= 4 is 39.1 Å². The molecule has 0 heterocycles. The smallest absolute Gasteiger partial charge is 0.242 e. The van der Waals surface area contributed by atoms with Crippen LogP contribution < -0.4 is 9.62 Å². The van der Waals surface area contributed by atoms with Gasteiger partial charge < -0.3 is 10.2 Å². The number of amides is 2. The summed E-state index contributed by atoms with van der Waals surface area (Å²) >= 11 is 5.97. The Labute approximate surface area is 201 Å². The Balaban J connectivity index is 2.17. The number of sulfonamides is 1. The van der Waals surface area contributed by atoms with E-state index in [1.165, 1.54) is 4.31 Å². The maximum atomic E-state index is 13.2. The first kappa shape index (κ1) is 26.7. The molecule has 7 nitrogen and oxygen atoms in total. The summed E-state index contributed by atoms with van der Waals surface area (Å²) < 4.78 is 26.0. The van der Waals surface area contributed by atoms with E-state index in [9.17, 15) is 18.0 Å². The summed E-state index contributed by atoms with van der Waals surface area (Å²) in [6.45, 7) is 4.21. The predicted octanol–water partition coefficient (Wildman–Crippen LogP) is 3.75. The lowest BCUT2D eigenvalue weighted by Crippen LogP contribution is -2.48. The zero-order chi connectivity index (χ0) is 24.6. The van der Waals surface area contributed by atoms with Crippen LogP contribution in [-0.2, 0) is 26.2 Å². The Morgan fingerprint density at radius 2 is 1.67 bits per heavy atom. The SMILES string of the molecule is CCC(C(=O)NC)N(Cc1ccc(Cl)cc1)C(=O)CCCN(c1ccc(C)cc1)S(C)(=O)=O. The largest absolute Gasteiger partial charge is 0.357 e. The van der Waals surface area contributed by atoms with E-state index in [1.54, 1.807) is 36.2 Å². The Morgan fingerprint density at radius 3 is 2.18 bits per heavy atom. The van der Waals surface area contributed by atoms with Crippen molar-refractivity contribution in [3.05, 3.63) is 64.7 Å². The molecule has 2 aromatic rings. The number of benzene rings is 2. The second-order valence-corrected chi connectivity index (χ2v) is 10.3. The highest BCUT2D eigenvalue weighted by molar-refractivity contribution is 7.92. The number of halogens is 1. The monoisotopic (exact) mass is 493 g/mol. The fourth-order valence-corrected chi connectivity index (χ4v) is 4.68. The van der Waals surface area contributed by atoms with Crippen LogP contribution in [0, 0.1) is 6.92 Å². The highest BCUT2D eigenvalue weighted by Gasteiger charge is 2.28. The molecule has 0 aliphatic heterocycles. The van der Waals surface area contributed by atoms with E-state index >= 15 is 0 Å². The maximum Gasteiger partial charge on any atom is 0.242 e. The number of aryl methyl sites for hydroxylation is 1. The molecule has 180 valence electrons. The van der Waals surface area contributed by atoms with Gasteiger partial charge in [0.2, 0.25) is 21.8 Å². The molecule has 2 rings (SSSR count). The predicted molar refractivity (Wildman–Crippen MR) is 133 cm³/mol. The van der Waals surface area contributed by atoms with Gasteiger partial charge in [0.1, 0.15) is 6.04 Å². The fraction of sp³-hybridized carbons (Fsp3) is 0.417. The molecular formula is C24H32ClN3O4S. The molecule has 0 aromatic heterocycles. The normalized spacial score (nSPS) is 12.2. The van der Waals surface area contributed by atoms with Gasteiger partial charge in [-0.3, -0.25) is 13.9 Å². The van der Waals surface area contributed by atoms with Gasteiger partial charge >= 0.3 is 0 Å². The molecule has 0 radical (unpaired) electrons. The van der Waals surface area contributed by atoms with E-state index in [1.807, 2.05) is 38.1 Å².